The Bertz CT molecular complexity index is 523. The van der Waals surface area contributed by atoms with E-state index in [9.17, 15) is 14.7 Å². The maximum absolute atomic E-state index is 12.5. The van der Waals surface area contributed by atoms with Crippen LogP contribution in [-0.4, -0.2) is 54.4 Å². The third kappa shape index (κ3) is 2.32. The van der Waals surface area contributed by atoms with Crippen molar-refractivity contribution in [3.05, 3.63) is 21.9 Å². The van der Waals surface area contributed by atoms with Gasteiger partial charge in [0.25, 0.3) is 5.91 Å². The summed E-state index contributed by atoms with van der Waals surface area (Å²) in [6.45, 7) is 1.44. The van der Waals surface area contributed by atoms with Crippen molar-refractivity contribution in [2.45, 2.75) is 18.6 Å². The molecule has 7 heteroatoms. The Morgan fingerprint density at radius 2 is 2.25 bits per heavy atom. The zero-order valence-electron chi connectivity index (χ0n) is 10.8. The molecule has 2 atom stereocenters. The molecule has 1 fully saturated rings. The summed E-state index contributed by atoms with van der Waals surface area (Å²) in [6.07, 6.45) is 0.00149. The number of ether oxygens (including phenoxy) is 2. The number of amides is 1. The third-order valence-electron chi connectivity index (χ3n) is 3.57. The van der Waals surface area contributed by atoms with Gasteiger partial charge < -0.3 is 19.5 Å². The van der Waals surface area contributed by atoms with Crippen molar-refractivity contribution in [2.75, 3.05) is 26.4 Å². The molecule has 0 bridgehead atoms. The first-order valence-corrected chi connectivity index (χ1v) is 7.35. The number of fused-ring (bicyclic) bond motifs is 1. The number of carbonyl (C=O) groups excluding carboxylic acids is 1. The molecule has 1 aromatic heterocycles. The van der Waals surface area contributed by atoms with Crippen LogP contribution in [0.2, 0.25) is 0 Å². The average molecular weight is 297 g/mol. The van der Waals surface area contributed by atoms with E-state index < -0.39 is 18.1 Å². The van der Waals surface area contributed by atoms with Crippen LogP contribution in [-0.2, 0) is 25.5 Å². The summed E-state index contributed by atoms with van der Waals surface area (Å²) in [7, 11) is 0. The lowest BCUT2D eigenvalue weighted by atomic mass is 9.99. The maximum atomic E-state index is 12.5. The number of hydrogen-bond acceptors (Lipinski definition) is 5. The average Bonchev–Trinajstić information content (AvgIpc) is 2.94. The van der Waals surface area contributed by atoms with E-state index in [-0.39, 0.29) is 12.5 Å². The summed E-state index contributed by atoms with van der Waals surface area (Å²) in [5, 5.41) is 11.3. The van der Waals surface area contributed by atoms with Gasteiger partial charge in [-0.3, -0.25) is 4.79 Å². The monoisotopic (exact) mass is 297 g/mol. The SMILES string of the molecule is O=C(O)C1c2ccsc2CCN1C(=O)C1COCCO1. The minimum Gasteiger partial charge on any atom is -0.479 e. The topological polar surface area (TPSA) is 76.1 Å². The van der Waals surface area contributed by atoms with Crippen LogP contribution < -0.4 is 0 Å². The Morgan fingerprint density at radius 3 is 2.95 bits per heavy atom. The Morgan fingerprint density at radius 1 is 1.40 bits per heavy atom. The van der Waals surface area contributed by atoms with Gasteiger partial charge in [-0.25, -0.2) is 4.79 Å². The number of thiophene rings is 1. The number of nitrogens with zero attached hydrogens (tertiary/aromatic N) is 1. The van der Waals surface area contributed by atoms with Gasteiger partial charge in [0.05, 0.1) is 19.8 Å². The minimum atomic E-state index is -1.01. The van der Waals surface area contributed by atoms with E-state index in [0.29, 0.717) is 26.2 Å². The number of rotatable bonds is 2. The highest BCUT2D eigenvalue weighted by atomic mass is 32.1. The fourth-order valence-electron chi connectivity index (χ4n) is 2.64. The smallest absolute Gasteiger partial charge is 0.331 e. The van der Waals surface area contributed by atoms with Gasteiger partial charge in [0, 0.05) is 11.4 Å². The lowest BCUT2D eigenvalue weighted by molar-refractivity contribution is -0.166. The Balaban J connectivity index is 1.85. The van der Waals surface area contributed by atoms with Crippen molar-refractivity contribution in [3.8, 4) is 0 Å². The highest BCUT2D eigenvalue weighted by molar-refractivity contribution is 7.10. The van der Waals surface area contributed by atoms with E-state index in [1.807, 2.05) is 5.38 Å². The Labute approximate surface area is 119 Å². The van der Waals surface area contributed by atoms with E-state index in [1.165, 1.54) is 16.2 Å². The zero-order chi connectivity index (χ0) is 14.1. The molecule has 6 nitrogen and oxygen atoms in total. The number of carboxylic acids is 1. The van der Waals surface area contributed by atoms with E-state index in [2.05, 4.69) is 0 Å². The van der Waals surface area contributed by atoms with Crippen molar-refractivity contribution < 1.29 is 24.2 Å². The highest BCUT2D eigenvalue weighted by Crippen LogP contribution is 2.34. The van der Waals surface area contributed by atoms with Crippen LogP contribution in [0.4, 0.5) is 0 Å². The minimum absolute atomic E-state index is 0.193. The quantitative estimate of drug-likeness (QED) is 0.868. The summed E-state index contributed by atoms with van der Waals surface area (Å²) in [5.74, 6) is -1.30. The number of hydrogen-bond donors (Lipinski definition) is 1. The van der Waals surface area contributed by atoms with Gasteiger partial charge in [0.2, 0.25) is 0 Å². The molecule has 108 valence electrons. The summed E-state index contributed by atoms with van der Waals surface area (Å²) in [6, 6.07) is 0.874. The molecule has 3 heterocycles. The molecule has 0 saturated carbocycles. The van der Waals surface area contributed by atoms with E-state index in [1.54, 1.807) is 6.07 Å². The molecular weight excluding hydrogens is 282 g/mol. The molecule has 0 spiro atoms. The molecule has 2 aliphatic heterocycles. The second kappa shape index (κ2) is 5.51. The predicted molar refractivity (Wildman–Crippen MR) is 70.7 cm³/mol. The summed E-state index contributed by atoms with van der Waals surface area (Å²) >= 11 is 1.54. The first-order valence-electron chi connectivity index (χ1n) is 6.47. The lowest BCUT2D eigenvalue weighted by Crippen LogP contribution is -2.50. The van der Waals surface area contributed by atoms with Crippen LogP contribution in [0, 0.1) is 0 Å². The second-order valence-corrected chi connectivity index (χ2v) is 5.76. The second-order valence-electron chi connectivity index (χ2n) is 4.76. The van der Waals surface area contributed by atoms with Crippen LogP contribution in [0.25, 0.3) is 0 Å². The molecule has 0 aliphatic carbocycles. The lowest BCUT2D eigenvalue weighted by Gasteiger charge is -2.36. The van der Waals surface area contributed by atoms with Gasteiger partial charge in [-0.2, -0.15) is 0 Å². The largest absolute Gasteiger partial charge is 0.479 e. The first-order chi connectivity index (χ1) is 9.68. The van der Waals surface area contributed by atoms with Crippen LogP contribution >= 0.6 is 11.3 Å². The molecule has 20 heavy (non-hydrogen) atoms. The highest BCUT2D eigenvalue weighted by Gasteiger charge is 2.39. The van der Waals surface area contributed by atoms with Crippen LogP contribution in [0.15, 0.2) is 11.4 Å². The molecule has 2 aliphatic rings. The standard InChI is InChI=1S/C13H15NO5S/c15-12(9-7-18-4-5-19-9)14-3-1-10-8(2-6-20-10)11(14)13(16)17/h2,6,9,11H,1,3-5,7H2,(H,16,17). The molecular formula is C13H15NO5S. The van der Waals surface area contributed by atoms with Gasteiger partial charge in [0.1, 0.15) is 0 Å². The van der Waals surface area contributed by atoms with Crippen LogP contribution in [0.3, 0.4) is 0 Å². The molecule has 1 amide bonds. The van der Waals surface area contributed by atoms with Crippen molar-refractivity contribution in [3.63, 3.8) is 0 Å². The van der Waals surface area contributed by atoms with Gasteiger partial charge in [-0.1, -0.05) is 0 Å². The molecule has 1 N–H and O–H groups in total. The summed E-state index contributed by atoms with van der Waals surface area (Å²) in [4.78, 5) is 26.5. The van der Waals surface area contributed by atoms with E-state index >= 15 is 0 Å². The molecule has 1 aromatic rings. The van der Waals surface area contributed by atoms with Gasteiger partial charge in [-0.05, 0) is 23.4 Å². The molecule has 2 unspecified atom stereocenters. The fraction of sp³-hybridized carbons (Fsp3) is 0.538. The number of carboxylic acid groups (broad SMARTS) is 1. The van der Waals surface area contributed by atoms with Crippen LogP contribution in [0.5, 0.6) is 0 Å². The number of carbonyl (C=O) groups is 2. The van der Waals surface area contributed by atoms with Gasteiger partial charge in [-0.15, -0.1) is 11.3 Å². The molecule has 0 aromatic carbocycles. The summed E-state index contributed by atoms with van der Waals surface area (Å²) < 4.78 is 10.6. The number of aliphatic carboxylic acids is 1. The van der Waals surface area contributed by atoms with Gasteiger partial charge in [0.15, 0.2) is 12.1 Å². The van der Waals surface area contributed by atoms with Crippen molar-refractivity contribution >= 4 is 23.2 Å². The fourth-order valence-corrected chi connectivity index (χ4v) is 3.54. The Hall–Kier alpha value is -1.44. The first kappa shape index (κ1) is 13.5. The Kier molecular flexibility index (Phi) is 3.73. The normalized spacial score (nSPS) is 26.1. The van der Waals surface area contributed by atoms with Crippen molar-refractivity contribution in [2.24, 2.45) is 0 Å². The van der Waals surface area contributed by atoms with E-state index in [0.717, 1.165) is 10.4 Å². The van der Waals surface area contributed by atoms with E-state index in [4.69, 9.17) is 9.47 Å². The van der Waals surface area contributed by atoms with Crippen molar-refractivity contribution in [1.29, 1.82) is 0 Å². The van der Waals surface area contributed by atoms with Crippen molar-refractivity contribution in [1.82, 2.24) is 4.90 Å². The third-order valence-corrected chi connectivity index (χ3v) is 4.57. The van der Waals surface area contributed by atoms with Gasteiger partial charge >= 0.3 is 5.97 Å². The molecule has 1 saturated heterocycles. The summed E-state index contributed by atoms with van der Waals surface area (Å²) in [5.41, 5.74) is 0.721. The predicted octanol–water partition coefficient (Wildman–Crippen LogP) is 0.674. The zero-order valence-corrected chi connectivity index (χ0v) is 11.6. The maximum Gasteiger partial charge on any atom is 0.331 e. The molecule has 3 rings (SSSR count). The van der Waals surface area contributed by atoms with Crippen LogP contribution in [0.1, 0.15) is 16.5 Å². The molecule has 0 radical (unpaired) electrons.